The Hall–Kier alpha value is -1.59. The van der Waals surface area contributed by atoms with Crippen molar-refractivity contribution in [2.75, 3.05) is 19.8 Å². The molecule has 0 bridgehead atoms. The number of halogens is 1. The van der Waals surface area contributed by atoms with Crippen LogP contribution >= 0.6 is 11.6 Å². The molecule has 1 aromatic carbocycles. The lowest BCUT2D eigenvalue weighted by atomic mass is 10.3. The molecule has 0 N–H and O–H groups in total. The number of hydrogen-bond donors (Lipinski definition) is 0. The zero-order valence-corrected chi connectivity index (χ0v) is 12.7. The second-order valence-electron chi connectivity index (χ2n) is 4.35. The molecule has 6 heteroatoms. The molecular weight excluding hydrogens is 296 g/mol. The summed E-state index contributed by atoms with van der Waals surface area (Å²) in [5.74, 6) is -0.698. The maximum Gasteiger partial charge on any atom is 0.337 e. The molecule has 0 aliphatic rings. The van der Waals surface area contributed by atoms with Gasteiger partial charge in [-0.05, 0) is 30.7 Å². The molecule has 116 valence electrons. The molecule has 5 nitrogen and oxygen atoms in total. The fourth-order valence-corrected chi connectivity index (χ4v) is 1.59. The summed E-state index contributed by atoms with van der Waals surface area (Å²) in [4.78, 5) is 22.7. The number of carbonyl (C=O) groups excluding carboxylic acids is 2. The molecule has 0 aliphatic carbocycles. The van der Waals surface area contributed by atoms with E-state index in [4.69, 9.17) is 25.8 Å². The lowest BCUT2D eigenvalue weighted by Gasteiger charge is -2.06. The highest BCUT2D eigenvalue weighted by molar-refractivity contribution is 6.30. The predicted octanol–water partition coefficient (Wildman–Crippen LogP) is 3.00. The van der Waals surface area contributed by atoms with Gasteiger partial charge in [0.1, 0.15) is 19.0 Å². The Morgan fingerprint density at radius 1 is 1.05 bits per heavy atom. The first-order chi connectivity index (χ1) is 10.1. The molecule has 0 radical (unpaired) electrons. The first-order valence-electron chi connectivity index (χ1n) is 6.81. The molecule has 0 atom stereocenters. The van der Waals surface area contributed by atoms with E-state index in [0.717, 1.165) is 19.3 Å². The maximum atomic E-state index is 11.4. The summed E-state index contributed by atoms with van der Waals surface area (Å²) in [6, 6.07) is 6.36. The quantitative estimate of drug-likeness (QED) is 0.398. The average molecular weight is 315 g/mol. The van der Waals surface area contributed by atoms with Crippen LogP contribution in [0.2, 0.25) is 5.02 Å². The van der Waals surface area contributed by atoms with E-state index in [1.807, 2.05) is 0 Å². The van der Waals surface area contributed by atoms with Crippen molar-refractivity contribution in [3.8, 4) is 5.75 Å². The molecule has 0 spiro atoms. The maximum absolute atomic E-state index is 11.4. The van der Waals surface area contributed by atoms with Gasteiger partial charge in [0, 0.05) is 5.02 Å². The highest BCUT2D eigenvalue weighted by Crippen LogP contribution is 2.15. The van der Waals surface area contributed by atoms with Crippen LogP contribution in [0.1, 0.15) is 26.2 Å². The summed E-state index contributed by atoms with van der Waals surface area (Å²) in [6.45, 7) is 1.87. The zero-order valence-electron chi connectivity index (χ0n) is 12.0. The fourth-order valence-electron chi connectivity index (χ4n) is 1.46. The SMILES string of the molecule is CCCCCOC(=O)COCC(=O)Oc1ccc(Cl)cc1. The summed E-state index contributed by atoms with van der Waals surface area (Å²) in [5.41, 5.74) is 0. The number of hydrogen-bond acceptors (Lipinski definition) is 5. The second-order valence-corrected chi connectivity index (χ2v) is 4.78. The normalized spacial score (nSPS) is 10.2. The topological polar surface area (TPSA) is 61.8 Å². The van der Waals surface area contributed by atoms with Crippen LogP contribution in [-0.4, -0.2) is 31.8 Å². The first-order valence-corrected chi connectivity index (χ1v) is 7.19. The van der Waals surface area contributed by atoms with Crippen LogP contribution in [0, 0.1) is 0 Å². The van der Waals surface area contributed by atoms with E-state index in [1.165, 1.54) is 0 Å². The molecule has 0 aliphatic heterocycles. The van der Waals surface area contributed by atoms with Gasteiger partial charge in [0.25, 0.3) is 0 Å². The Labute approximate surface area is 129 Å². The van der Waals surface area contributed by atoms with E-state index < -0.39 is 11.9 Å². The molecule has 1 rings (SSSR count). The third kappa shape index (κ3) is 8.32. The van der Waals surface area contributed by atoms with Crippen molar-refractivity contribution in [2.45, 2.75) is 26.2 Å². The number of ether oxygens (including phenoxy) is 3. The van der Waals surface area contributed by atoms with Crippen LogP contribution in [0.4, 0.5) is 0 Å². The Bertz CT molecular complexity index is 444. The Morgan fingerprint density at radius 3 is 2.38 bits per heavy atom. The van der Waals surface area contributed by atoms with Gasteiger partial charge in [0.2, 0.25) is 0 Å². The number of esters is 2. The highest BCUT2D eigenvalue weighted by atomic mass is 35.5. The standard InChI is InChI=1S/C15H19ClO5/c1-2-3-4-9-20-14(17)10-19-11-15(18)21-13-7-5-12(16)6-8-13/h5-8H,2-4,9-11H2,1H3. The highest BCUT2D eigenvalue weighted by Gasteiger charge is 2.08. The van der Waals surface area contributed by atoms with Gasteiger partial charge in [-0.1, -0.05) is 31.4 Å². The van der Waals surface area contributed by atoms with Gasteiger partial charge in [-0.3, -0.25) is 0 Å². The van der Waals surface area contributed by atoms with Crippen LogP contribution in [0.15, 0.2) is 24.3 Å². The van der Waals surface area contributed by atoms with E-state index in [9.17, 15) is 9.59 Å². The molecule has 0 aromatic heterocycles. The minimum absolute atomic E-state index is 0.262. The van der Waals surface area contributed by atoms with Crippen molar-refractivity contribution in [1.29, 1.82) is 0 Å². The van der Waals surface area contributed by atoms with Crippen molar-refractivity contribution in [1.82, 2.24) is 0 Å². The number of carbonyl (C=O) groups is 2. The molecule has 0 saturated heterocycles. The van der Waals surface area contributed by atoms with Gasteiger partial charge in [0.15, 0.2) is 0 Å². The van der Waals surface area contributed by atoms with Crippen molar-refractivity contribution in [3.05, 3.63) is 29.3 Å². The van der Waals surface area contributed by atoms with Crippen LogP contribution in [0.25, 0.3) is 0 Å². The number of benzene rings is 1. The van der Waals surface area contributed by atoms with Gasteiger partial charge in [-0.15, -0.1) is 0 Å². The van der Waals surface area contributed by atoms with E-state index in [1.54, 1.807) is 24.3 Å². The zero-order chi connectivity index (χ0) is 15.5. The summed E-state index contributed by atoms with van der Waals surface area (Å²) < 4.78 is 14.9. The second kappa shape index (κ2) is 10.2. The fraction of sp³-hybridized carbons (Fsp3) is 0.467. The van der Waals surface area contributed by atoms with Crippen LogP contribution in [0.5, 0.6) is 5.75 Å². The molecule has 21 heavy (non-hydrogen) atoms. The van der Waals surface area contributed by atoms with Gasteiger partial charge in [-0.25, -0.2) is 9.59 Å². The minimum Gasteiger partial charge on any atom is -0.464 e. The van der Waals surface area contributed by atoms with Crippen molar-refractivity contribution in [2.24, 2.45) is 0 Å². The number of rotatable bonds is 9. The van der Waals surface area contributed by atoms with Crippen LogP contribution in [0.3, 0.4) is 0 Å². The Kier molecular flexibility index (Phi) is 8.47. The predicted molar refractivity (Wildman–Crippen MR) is 78.4 cm³/mol. The third-order valence-corrected chi connectivity index (χ3v) is 2.75. The molecular formula is C15H19ClO5. The smallest absolute Gasteiger partial charge is 0.337 e. The molecule has 0 saturated carbocycles. The summed E-state index contributed by atoms with van der Waals surface area (Å²) in [7, 11) is 0. The van der Waals surface area contributed by atoms with Gasteiger partial charge in [-0.2, -0.15) is 0 Å². The van der Waals surface area contributed by atoms with Crippen LogP contribution < -0.4 is 4.74 Å². The number of unbranched alkanes of at least 4 members (excludes halogenated alkanes) is 2. The van der Waals surface area contributed by atoms with E-state index in [-0.39, 0.29) is 13.2 Å². The molecule has 0 amide bonds. The lowest BCUT2D eigenvalue weighted by molar-refractivity contribution is -0.152. The molecule has 0 unspecified atom stereocenters. The van der Waals surface area contributed by atoms with Crippen molar-refractivity contribution in [3.63, 3.8) is 0 Å². The summed E-state index contributed by atoms with van der Waals surface area (Å²) in [5, 5.41) is 0.553. The molecule has 0 fully saturated rings. The van der Waals surface area contributed by atoms with E-state index in [2.05, 4.69) is 6.92 Å². The monoisotopic (exact) mass is 314 g/mol. The lowest BCUT2D eigenvalue weighted by Crippen LogP contribution is -2.20. The summed E-state index contributed by atoms with van der Waals surface area (Å²) >= 11 is 5.71. The molecule has 0 heterocycles. The van der Waals surface area contributed by atoms with Gasteiger partial charge >= 0.3 is 11.9 Å². The Morgan fingerprint density at radius 2 is 1.71 bits per heavy atom. The van der Waals surface area contributed by atoms with Crippen molar-refractivity contribution >= 4 is 23.5 Å². The summed E-state index contributed by atoms with van der Waals surface area (Å²) in [6.07, 6.45) is 2.91. The van der Waals surface area contributed by atoms with E-state index in [0.29, 0.717) is 17.4 Å². The third-order valence-electron chi connectivity index (χ3n) is 2.50. The Balaban J connectivity index is 2.12. The largest absolute Gasteiger partial charge is 0.464 e. The van der Waals surface area contributed by atoms with Crippen LogP contribution in [-0.2, 0) is 19.1 Å². The van der Waals surface area contributed by atoms with Gasteiger partial charge < -0.3 is 14.2 Å². The molecule has 1 aromatic rings. The van der Waals surface area contributed by atoms with Gasteiger partial charge in [0.05, 0.1) is 6.61 Å². The first kappa shape index (κ1) is 17.5. The van der Waals surface area contributed by atoms with E-state index >= 15 is 0 Å². The minimum atomic E-state index is -0.587. The van der Waals surface area contributed by atoms with Crippen molar-refractivity contribution < 1.29 is 23.8 Å². The average Bonchev–Trinajstić information content (AvgIpc) is 2.46.